The molecular weight excluding hydrogens is 305 g/mol. The van der Waals surface area contributed by atoms with Gasteiger partial charge in [-0.2, -0.15) is 5.10 Å². The zero-order chi connectivity index (χ0) is 12.3. The number of carbonyl (C=O) groups is 1. The highest BCUT2D eigenvalue weighted by molar-refractivity contribution is 9.10. The van der Waals surface area contributed by atoms with Crippen molar-refractivity contribution in [2.24, 2.45) is 0 Å². The van der Waals surface area contributed by atoms with E-state index >= 15 is 0 Å². The lowest BCUT2D eigenvalue weighted by Crippen LogP contribution is -2.19. The number of hydrogen-bond donors (Lipinski definition) is 1. The Morgan fingerprint density at radius 3 is 2.88 bits per heavy atom. The molecule has 88 valence electrons. The maximum absolute atomic E-state index is 11.7. The zero-order valence-corrected chi connectivity index (χ0v) is 11.1. The van der Waals surface area contributed by atoms with Crippen LogP contribution in [-0.2, 0) is 11.3 Å². The van der Waals surface area contributed by atoms with E-state index in [1.807, 2.05) is 24.3 Å². The Bertz CT molecular complexity index is 541. The van der Waals surface area contributed by atoms with Crippen molar-refractivity contribution in [3.63, 3.8) is 0 Å². The van der Waals surface area contributed by atoms with Crippen LogP contribution in [0.25, 0.3) is 0 Å². The van der Waals surface area contributed by atoms with Crippen LogP contribution in [0.4, 0.5) is 5.69 Å². The summed E-state index contributed by atoms with van der Waals surface area (Å²) in [5.41, 5.74) is 0.732. The fourth-order valence-electron chi connectivity index (χ4n) is 1.32. The number of nitrogens with zero attached hydrogens (tertiary/aromatic N) is 2. The summed E-state index contributed by atoms with van der Waals surface area (Å²) in [6.45, 7) is 0.133. The number of nitrogens with one attached hydrogen (secondary N) is 1. The summed E-state index contributed by atoms with van der Waals surface area (Å²) in [5.74, 6) is -0.156. The summed E-state index contributed by atoms with van der Waals surface area (Å²) in [5, 5.41) is 7.22. The molecule has 0 bridgehead atoms. The number of rotatable bonds is 3. The van der Waals surface area contributed by atoms with E-state index in [1.165, 1.54) is 10.9 Å². The van der Waals surface area contributed by atoms with Gasteiger partial charge in [0.15, 0.2) is 0 Å². The maximum Gasteiger partial charge on any atom is 0.246 e. The largest absolute Gasteiger partial charge is 0.323 e. The summed E-state index contributed by atoms with van der Waals surface area (Å²) >= 11 is 9.06. The molecule has 6 heteroatoms. The molecule has 1 N–H and O–H groups in total. The fourth-order valence-corrected chi connectivity index (χ4v) is 1.86. The second-order valence-electron chi connectivity index (χ2n) is 3.38. The minimum Gasteiger partial charge on any atom is -0.323 e. The summed E-state index contributed by atoms with van der Waals surface area (Å²) in [6, 6.07) is 7.41. The van der Waals surface area contributed by atoms with Gasteiger partial charge in [0.25, 0.3) is 0 Å². The Labute approximate surface area is 112 Å². The van der Waals surface area contributed by atoms with Gasteiger partial charge in [0.1, 0.15) is 6.54 Å². The van der Waals surface area contributed by atoms with Crippen molar-refractivity contribution >= 4 is 39.1 Å². The lowest BCUT2D eigenvalue weighted by molar-refractivity contribution is -0.116. The Morgan fingerprint density at radius 1 is 1.47 bits per heavy atom. The molecule has 0 spiro atoms. The molecule has 1 aromatic heterocycles. The molecule has 0 aliphatic heterocycles. The van der Waals surface area contributed by atoms with Gasteiger partial charge in [-0.05, 0) is 28.1 Å². The predicted molar refractivity (Wildman–Crippen MR) is 70.0 cm³/mol. The predicted octanol–water partition coefficient (Wildman–Crippen LogP) is 2.94. The molecular formula is C11H9BrClN3O. The van der Waals surface area contributed by atoms with Crippen LogP contribution in [0.2, 0.25) is 5.02 Å². The molecule has 0 aliphatic carbocycles. The second kappa shape index (κ2) is 5.33. The number of para-hydroxylation sites is 1. The number of anilines is 1. The van der Waals surface area contributed by atoms with Crippen LogP contribution < -0.4 is 5.32 Å². The fraction of sp³-hybridized carbons (Fsp3) is 0.0909. The average Bonchev–Trinajstić information content (AvgIpc) is 2.67. The van der Waals surface area contributed by atoms with E-state index in [0.717, 1.165) is 10.2 Å². The van der Waals surface area contributed by atoms with E-state index < -0.39 is 0 Å². The van der Waals surface area contributed by atoms with E-state index in [9.17, 15) is 4.79 Å². The van der Waals surface area contributed by atoms with Crippen molar-refractivity contribution in [1.82, 2.24) is 9.78 Å². The molecule has 17 heavy (non-hydrogen) atoms. The molecule has 1 heterocycles. The summed E-state index contributed by atoms with van der Waals surface area (Å²) in [4.78, 5) is 11.7. The SMILES string of the molecule is O=C(Cn1cc(Cl)cn1)Nc1ccccc1Br. The van der Waals surface area contributed by atoms with Crippen molar-refractivity contribution in [1.29, 1.82) is 0 Å². The van der Waals surface area contributed by atoms with E-state index in [4.69, 9.17) is 11.6 Å². The van der Waals surface area contributed by atoms with Crippen molar-refractivity contribution in [3.05, 3.63) is 46.2 Å². The summed E-state index contributed by atoms with van der Waals surface area (Å²) in [7, 11) is 0. The van der Waals surface area contributed by atoms with Crippen LogP contribution in [0.1, 0.15) is 0 Å². The van der Waals surface area contributed by atoms with Crippen LogP contribution in [0.3, 0.4) is 0 Å². The topological polar surface area (TPSA) is 46.9 Å². The lowest BCUT2D eigenvalue weighted by atomic mass is 10.3. The number of halogens is 2. The quantitative estimate of drug-likeness (QED) is 0.947. The van der Waals surface area contributed by atoms with Crippen LogP contribution in [0, 0.1) is 0 Å². The molecule has 0 aliphatic rings. The average molecular weight is 315 g/mol. The molecule has 0 atom stereocenters. The van der Waals surface area contributed by atoms with Crippen LogP contribution in [0.15, 0.2) is 41.1 Å². The molecule has 0 saturated heterocycles. The van der Waals surface area contributed by atoms with Crippen LogP contribution in [0.5, 0.6) is 0 Å². The second-order valence-corrected chi connectivity index (χ2v) is 4.67. The summed E-state index contributed by atoms with van der Waals surface area (Å²) < 4.78 is 2.32. The van der Waals surface area contributed by atoms with Crippen LogP contribution in [-0.4, -0.2) is 15.7 Å². The first-order valence-electron chi connectivity index (χ1n) is 4.87. The molecule has 0 unspecified atom stereocenters. The van der Waals surface area contributed by atoms with Crippen molar-refractivity contribution in [3.8, 4) is 0 Å². The number of amides is 1. The third-order valence-corrected chi connectivity index (χ3v) is 2.94. The minimum atomic E-state index is -0.156. The molecule has 2 rings (SSSR count). The first-order chi connectivity index (χ1) is 8.15. The lowest BCUT2D eigenvalue weighted by Gasteiger charge is -2.06. The molecule has 4 nitrogen and oxygen atoms in total. The Morgan fingerprint density at radius 2 is 2.24 bits per heavy atom. The minimum absolute atomic E-state index is 0.133. The van der Waals surface area contributed by atoms with E-state index in [-0.39, 0.29) is 12.5 Å². The highest BCUT2D eigenvalue weighted by atomic mass is 79.9. The summed E-state index contributed by atoms with van der Waals surface area (Å²) in [6.07, 6.45) is 3.09. The first-order valence-corrected chi connectivity index (χ1v) is 6.04. The molecule has 2 aromatic rings. The maximum atomic E-state index is 11.7. The van der Waals surface area contributed by atoms with Gasteiger partial charge in [0, 0.05) is 10.7 Å². The highest BCUT2D eigenvalue weighted by Gasteiger charge is 2.06. The third kappa shape index (κ3) is 3.31. The monoisotopic (exact) mass is 313 g/mol. The third-order valence-electron chi connectivity index (χ3n) is 2.06. The van der Waals surface area contributed by atoms with Gasteiger partial charge >= 0.3 is 0 Å². The van der Waals surface area contributed by atoms with Gasteiger partial charge in [-0.25, -0.2) is 0 Å². The van der Waals surface area contributed by atoms with Gasteiger partial charge in [0.05, 0.1) is 16.9 Å². The molecule has 0 radical (unpaired) electrons. The standard InChI is InChI=1S/C11H9BrClN3O/c12-9-3-1-2-4-10(9)15-11(17)7-16-6-8(13)5-14-16/h1-6H,7H2,(H,15,17). The first kappa shape index (κ1) is 12.1. The van der Waals surface area contributed by atoms with Crippen molar-refractivity contribution < 1.29 is 4.79 Å². The van der Waals surface area contributed by atoms with Crippen LogP contribution >= 0.6 is 27.5 Å². The van der Waals surface area contributed by atoms with E-state index in [2.05, 4.69) is 26.3 Å². The zero-order valence-electron chi connectivity index (χ0n) is 8.73. The number of hydrogen-bond acceptors (Lipinski definition) is 2. The van der Waals surface area contributed by atoms with Crippen molar-refractivity contribution in [2.45, 2.75) is 6.54 Å². The van der Waals surface area contributed by atoms with Crippen molar-refractivity contribution in [2.75, 3.05) is 5.32 Å². The Hall–Kier alpha value is -1.33. The molecule has 0 fully saturated rings. The van der Waals surface area contributed by atoms with E-state index in [0.29, 0.717) is 5.02 Å². The molecule has 1 amide bonds. The smallest absolute Gasteiger partial charge is 0.246 e. The van der Waals surface area contributed by atoms with Gasteiger partial charge in [0.2, 0.25) is 5.91 Å². The van der Waals surface area contributed by atoms with Gasteiger partial charge in [-0.3, -0.25) is 9.48 Å². The Balaban J connectivity index is 2.01. The normalized spacial score (nSPS) is 10.2. The highest BCUT2D eigenvalue weighted by Crippen LogP contribution is 2.21. The number of benzene rings is 1. The van der Waals surface area contributed by atoms with E-state index in [1.54, 1.807) is 6.20 Å². The molecule has 1 aromatic carbocycles. The van der Waals surface area contributed by atoms with Gasteiger partial charge < -0.3 is 5.32 Å². The van der Waals surface area contributed by atoms with Gasteiger partial charge in [-0.1, -0.05) is 23.7 Å². The van der Waals surface area contributed by atoms with Gasteiger partial charge in [-0.15, -0.1) is 0 Å². The molecule has 0 saturated carbocycles. The Kier molecular flexibility index (Phi) is 3.81. The number of aromatic nitrogens is 2. The number of carbonyl (C=O) groups excluding carboxylic acids is 1.